The molecule has 0 spiro atoms. The van der Waals surface area contributed by atoms with Gasteiger partial charge in [-0.3, -0.25) is 0 Å². The summed E-state index contributed by atoms with van der Waals surface area (Å²) in [6.07, 6.45) is 20.8. The molecule has 1 aliphatic rings. The predicted octanol–water partition coefficient (Wildman–Crippen LogP) is 10.2. The van der Waals surface area contributed by atoms with Crippen LogP contribution < -0.4 is 4.74 Å². The largest absolute Gasteiger partial charge is 0.457 e. The highest BCUT2D eigenvalue weighted by Gasteiger charge is 2.31. The minimum Gasteiger partial charge on any atom is -0.457 e. The maximum atomic E-state index is 5.97. The molecule has 36 heavy (non-hydrogen) atoms. The van der Waals surface area contributed by atoms with Crippen molar-refractivity contribution in [2.75, 3.05) is 13.1 Å². The van der Waals surface area contributed by atoms with E-state index in [4.69, 9.17) is 4.74 Å². The van der Waals surface area contributed by atoms with Crippen molar-refractivity contribution < 1.29 is 4.74 Å². The lowest BCUT2D eigenvalue weighted by molar-refractivity contribution is 0.217. The van der Waals surface area contributed by atoms with Gasteiger partial charge in [-0.05, 0) is 74.4 Å². The minimum absolute atomic E-state index is 0.541. The van der Waals surface area contributed by atoms with Crippen LogP contribution in [0.25, 0.3) is 0 Å². The van der Waals surface area contributed by atoms with E-state index in [2.05, 4.69) is 43.9 Å². The van der Waals surface area contributed by atoms with E-state index in [1.165, 1.54) is 109 Å². The summed E-state index contributed by atoms with van der Waals surface area (Å²) in [5, 5.41) is 0. The fourth-order valence-corrected chi connectivity index (χ4v) is 5.64. The topological polar surface area (TPSA) is 12.5 Å². The average molecular weight is 492 g/mol. The Balaban J connectivity index is 1.09. The Morgan fingerprint density at radius 2 is 1.31 bits per heavy atom. The van der Waals surface area contributed by atoms with Gasteiger partial charge < -0.3 is 9.64 Å². The van der Waals surface area contributed by atoms with Gasteiger partial charge in [0.1, 0.15) is 11.5 Å². The number of ether oxygens (including phenoxy) is 1. The smallest absolute Gasteiger partial charge is 0.127 e. The van der Waals surface area contributed by atoms with Crippen molar-refractivity contribution in [2.45, 2.75) is 123 Å². The highest BCUT2D eigenvalue weighted by atomic mass is 16.5. The van der Waals surface area contributed by atoms with Gasteiger partial charge in [-0.25, -0.2) is 0 Å². The van der Waals surface area contributed by atoms with E-state index in [1.807, 2.05) is 36.4 Å². The molecule has 0 aromatic heterocycles. The summed E-state index contributed by atoms with van der Waals surface area (Å²) in [5.41, 5.74) is 1.93. The van der Waals surface area contributed by atoms with Crippen LogP contribution in [-0.2, 0) is 6.42 Å². The van der Waals surface area contributed by atoms with Crippen LogP contribution in [0.2, 0.25) is 0 Å². The molecule has 0 radical (unpaired) electrons. The summed E-state index contributed by atoms with van der Waals surface area (Å²) in [6, 6.07) is 19.4. The summed E-state index contributed by atoms with van der Waals surface area (Å²) in [5.74, 6) is 1.85. The molecule has 0 bridgehead atoms. The summed E-state index contributed by atoms with van der Waals surface area (Å²) in [4.78, 5) is 2.72. The monoisotopic (exact) mass is 491 g/mol. The van der Waals surface area contributed by atoms with E-state index in [0.29, 0.717) is 5.41 Å². The molecule has 1 aliphatic heterocycles. The molecule has 0 aliphatic carbocycles. The van der Waals surface area contributed by atoms with Crippen molar-refractivity contribution in [1.29, 1.82) is 0 Å². The van der Waals surface area contributed by atoms with Crippen molar-refractivity contribution in [1.82, 2.24) is 4.90 Å². The fraction of sp³-hybridized carbons (Fsp3) is 0.647. The zero-order valence-electron chi connectivity index (χ0n) is 23.6. The van der Waals surface area contributed by atoms with Crippen LogP contribution in [0.3, 0.4) is 0 Å². The van der Waals surface area contributed by atoms with Crippen LogP contribution in [-0.4, -0.2) is 24.0 Å². The van der Waals surface area contributed by atoms with Crippen LogP contribution in [0.5, 0.6) is 11.5 Å². The molecule has 0 N–H and O–H groups in total. The Morgan fingerprint density at radius 3 is 1.92 bits per heavy atom. The van der Waals surface area contributed by atoms with E-state index in [-0.39, 0.29) is 0 Å². The fourth-order valence-electron chi connectivity index (χ4n) is 5.64. The number of aryl methyl sites for hydroxylation is 1. The average Bonchev–Trinajstić information content (AvgIpc) is 3.24. The molecule has 1 atom stereocenters. The van der Waals surface area contributed by atoms with Crippen molar-refractivity contribution in [3.05, 3.63) is 60.2 Å². The lowest BCUT2D eigenvalue weighted by atomic mass is 9.93. The number of rotatable bonds is 18. The van der Waals surface area contributed by atoms with Gasteiger partial charge in [0.25, 0.3) is 0 Å². The van der Waals surface area contributed by atoms with Crippen LogP contribution in [0.4, 0.5) is 0 Å². The first-order valence-electron chi connectivity index (χ1n) is 15.1. The van der Waals surface area contributed by atoms with Crippen molar-refractivity contribution in [3.8, 4) is 11.5 Å². The number of benzene rings is 2. The van der Waals surface area contributed by atoms with Gasteiger partial charge in [0.05, 0.1) is 0 Å². The normalized spacial score (nSPS) is 16.3. The van der Waals surface area contributed by atoms with Crippen molar-refractivity contribution in [3.63, 3.8) is 0 Å². The summed E-state index contributed by atoms with van der Waals surface area (Å²) in [6.45, 7) is 9.90. The number of hydrogen-bond donors (Lipinski definition) is 0. The van der Waals surface area contributed by atoms with Crippen molar-refractivity contribution in [2.24, 2.45) is 5.41 Å². The Labute approximate surface area is 222 Å². The lowest BCUT2D eigenvalue weighted by Crippen LogP contribution is -2.32. The Hall–Kier alpha value is -1.80. The number of para-hydroxylation sites is 1. The molecular weight excluding hydrogens is 438 g/mol. The highest BCUT2D eigenvalue weighted by Crippen LogP contribution is 2.31. The summed E-state index contributed by atoms with van der Waals surface area (Å²) in [7, 11) is 0. The second-order valence-electron chi connectivity index (χ2n) is 12.1. The first-order valence-corrected chi connectivity index (χ1v) is 15.1. The van der Waals surface area contributed by atoms with Gasteiger partial charge in [0.15, 0.2) is 0 Å². The SMILES string of the molecule is CC(CCCCCCCCCCCCCCc1cccc(Oc2ccccc2)c1)N1CCC(C)(C)C1. The zero-order valence-corrected chi connectivity index (χ0v) is 23.6. The van der Waals surface area contributed by atoms with Gasteiger partial charge in [0, 0.05) is 12.6 Å². The molecule has 2 aromatic carbocycles. The molecule has 1 saturated heterocycles. The molecule has 0 amide bonds. The molecule has 1 unspecified atom stereocenters. The quantitative estimate of drug-likeness (QED) is 0.192. The van der Waals surface area contributed by atoms with Gasteiger partial charge in [-0.2, -0.15) is 0 Å². The number of unbranched alkanes of at least 4 members (excludes halogenated alkanes) is 11. The van der Waals surface area contributed by atoms with Crippen molar-refractivity contribution >= 4 is 0 Å². The molecule has 3 rings (SSSR count). The van der Waals surface area contributed by atoms with Gasteiger partial charge in [-0.1, -0.05) is 115 Å². The van der Waals surface area contributed by atoms with Crippen LogP contribution in [0.1, 0.15) is 116 Å². The number of likely N-dealkylation sites (tertiary alicyclic amines) is 1. The van der Waals surface area contributed by atoms with E-state index in [1.54, 1.807) is 0 Å². The third-order valence-electron chi connectivity index (χ3n) is 8.04. The Bertz CT molecular complexity index is 830. The summed E-state index contributed by atoms with van der Waals surface area (Å²) >= 11 is 0. The first kappa shape index (κ1) is 28.8. The maximum absolute atomic E-state index is 5.97. The van der Waals surface area contributed by atoms with E-state index in [0.717, 1.165) is 24.0 Å². The van der Waals surface area contributed by atoms with E-state index in [9.17, 15) is 0 Å². The molecule has 2 nitrogen and oxygen atoms in total. The molecule has 200 valence electrons. The van der Waals surface area contributed by atoms with Crippen LogP contribution >= 0.6 is 0 Å². The second-order valence-corrected chi connectivity index (χ2v) is 12.1. The van der Waals surface area contributed by atoms with E-state index >= 15 is 0 Å². The minimum atomic E-state index is 0.541. The number of hydrogen-bond acceptors (Lipinski definition) is 2. The first-order chi connectivity index (χ1) is 17.5. The molecule has 1 fully saturated rings. The third kappa shape index (κ3) is 11.5. The van der Waals surface area contributed by atoms with Gasteiger partial charge >= 0.3 is 0 Å². The highest BCUT2D eigenvalue weighted by molar-refractivity contribution is 5.33. The zero-order chi connectivity index (χ0) is 25.5. The Kier molecular flexibility index (Phi) is 12.9. The maximum Gasteiger partial charge on any atom is 0.127 e. The summed E-state index contributed by atoms with van der Waals surface area (Å²) < 4.78 is 5.97. The molecule has 2 heteroatoms. The standard InChI is InChI=1S/C34H53NO/c1-30(35-27-26-34(2,3)29-35)20-15-12-10-8-6-4-5-7-9-11-13-16-21-31-22-19-25-33(28-31)36-32-23-17-14-18-24-32/h14,17-19,22-25,28,30H,4-13,15-16,20-21,26-27,29H2,1-3H3. The van der Waals surface area contributed by atoms with E-state index < -0.39 is 0 Å². The molecule has 2 aromatic rings. The number of nitrogens with zero attached hydrogens (tertiary/aromatic N) is 1. The molecule has 1 heterocycles. The van der Waals surface area contributed by atoms with Crippen LogP contribution in [0.15, 0.2) is 54.6 Å². The third-order valence-corrected chi connectivity index (χ3v) is 8.04. The lowest BCUT2D eigenvalue weighted by Gasteiger charge is -2.26. The van der Waals surface area contributed by atoms with Gasteiger partial charge in [-0.15, -0.1) is 0 Å². The Morgan fingerprint density at radius 1 is 0.722 bits per heavy atom. The predicted molar refractivity (Wildman–Crippen MR) is 156 cm³/mol. The van der Waals surface area contributed by atoms with Gasteiger partial charge in [0.2, 0.25) is 0 Å². The van der Waals surface area contributed by atoms with Crippen LogP contribution in [0, 0.1) is 5.41 Å². The second kappa shape index (κ2) is 16.1. The molecular formula is C34H53NO. The molecule has 0 saturated carbocycles.